The Hall–Kier alpha value is -1.99. The van der Waals surface area contributed by atoms with Crippen LogP contribution in [0.25, 0.3) is 11.1 Å². The van der Waals surface area contributed by atoms with Gasteiger partial charge in [-0.15, -0.1) is 0 Å². The molecule has 1 aromatic carbocycles. The van der Waals surface area contributed by atoms with Crippen LogP contribution >= 0.6 is 0 Å². The van der Waals surface area contributed by atoms with E-state index in [4.69, 9.17) is 0 Å². The summed E-state index contributed by atoms with van der Waals surface area (Å²) in [6.45, 7) is 0. The van der Waals surface area contributed by atoms with E-state index in [1.807, 2.05) is 0 Å². The first-order valence-corrected chi connectivity index (χ1v) is 4.99. The van der Waals surface area contributed by atoms with Gasteiger partial charge in [0, 0.05) is 5.56 Å². The standard InChI is InChI=1S/C11H6F6N2/c12-10(13,14)8-7(6-4-2-1-3-5-6)9(19-18-8)11(15,16)17/h1-5H,(H,18,19). The Labute approximate surface area is 103 Å². The number of hydrogen-bond acceptors (Lipinski definition) is 1. The molecule has 0 spiro atoms. The van der Waals surface area contributed by atoms with Gasteiger partial charge in [-0.2, -0.15) is 31.4 Å². The van der Waals surface area contributed by atoms with Crippen molar-refractivity contribution in [2.75, 3.05) is 0 Å². The zero-order valence-electron chi connectivity index (χ0n) is 9.10. The maximum atomic E-state index is 12.7. The van der Waals surface area contributed by atoms with Crippen LogP contribution in [0.3, 0.4) is 0 Å². The fourth-order valence-electron chi connectivity index (χ4n) is 1.64. The van der Waals surface area contributed by atoms with Gasteiger partial charge in [0.2, 0.25) is 0 Å². The summed E-state index contributed by atoms with van der Waals surface area (Å²) in [6.07, 6.45) is -9.91. The molecular weight excluding hydrogens is 274 g/mol. The molecule has 0 amide bonds. The van der Waals surface area contributed by atoms with Crippen molar-refractivity contribution in [2.24, 2.45) is 0 Å². The van der Waals surface area contributed by atoms with Gasteiger partial charge in [-0.05, 0) is 5.56 Å². The van der Waals surface area contributed by atoms with E-state index < -0.39 is 29.3 Å². The number of rotatable bonds is 1. The smallest absolute Gasteiger partial charge is 0.272 e. The molecule has 8 heteroatoms. The first kappa shape index (κ1) is 13.4. The Balaban J connectivity index is 2.71. The lowest BCUT2D eigenvalue weighted by molar-refractivity contribution is -0.141. The zero-order valence-corrected chi connectivity index (χ0v) is 9.10. The number of alkyl halides is 6. The molecule has 2 aromatic rings. The number of aromatic nitrogens is 2. The van der Waals surface area contributed by atoms with Gasteiger partial charge >= 0.3 is 12.4 Å². The third kappa shape index (κ3) is 2.56. The number of H-pyrrole nitrogens is 1. The highest BCUT2D eigenvalue weighted by molar-refractivity contribution is 5.69. The monoisotopic (exact) mass is 280 g/mol. The summed E-state index contributed by atoms with van der Waals surface area (Å²) >= 11 is 0. The van der Waals surface area contributed by atoms with Crippen LogP contribution in [-0.4, -0.2) is 10.2 Å². The minimum absolute atomic E-state index is 0.198. The molecule has 0 saturated carbocycles. The number of nitrogens with zero attached hydrogens (tertiary/aromatic N) is 1. The SMILES string of the molecule is FC(F)(F)c1n[nH]c(C(F)(F)F)c1-c1ccccc1. The van der Waals surface area contributed by atoms with Crippen LogP contribution in [0.15, 0.2) is 30.3 Å². The predicted molar refractivity (Wildman–Crippen MR) is 54.0 cm³/mol. The van der Waals surface area contributed by atoms with Gasteiger partial charge in [-0.3, -0.25) is 5.10 Å². The number of hydrogen-bond donors (Lipinski definition) is 1. The van der Waals surface area contributed by atoms with Crippen molar-refractivity contribution in [3.8, 4) is 11.1 Å². The van der Waals surface area contributed by atoms with Crippen LogP contribution < -0.4 is 0 Å². The third-order valence-electron chi connectivity index (χ3n) is 2.38. The number of benzene rings is 1. The Morgan fingerprint density at radius 3 is 1.89 bits per heavy atom. The lowest BCUT2D eigenvalue weighted by atomic mass is 10.0. The van der Waals surface area contributed by atoms with Crippen LogP contribution in [0.1, 0.15) is 11.4 Å². The van der Waals surface area contributed by atoms with Crippen LogP contribution in [0.4, 0.5) is 26.3 Å². The van der Waals surface area contributed by atoms with Gasteiger partial charge < -0.3 is 0 Å². The molecule has 1 heterocycles. The molecule has 2 rings (SSSR count). The van der Waals surface area contributed by atoms with Crippen LogP contribution in [0.2, 0.25) is 0 Å². The number of nitrogens with one attached hydrogen (secondary N) is 1. The molecule has 1 aromatic heterocycles. The molecule has 1 N–H and O–H groups in total. The minimum atomic E-state index is -4.97. The maximum absolute atomic E-state index is 12.7. The van der Waals surface area contributed by atoms with E-state index in [2.05, 4.69) is 5.10 Å². The van der Waals surface area contributed by atoms with Crippen molar-refractivity contribution >= 4 is 0 Å². The average molecular weight is 280 g/mol. The molecule has 19 heavy (non-hydrogen) atoms. The maximum Gasteiger partial charge on any atom is 0.435 e. The van der Waals surface area contributed by atoms with E-state index in [1.165, 1.54) is 23.3 Å². The van der Waals surface area contributed by atoms with Crippen LogP contribution in [0, 0.1) is 0 Å². The lowest BCUT2D eigenvalue weighted by Gasteiger charge is -2.10. The fourth-order valence-corrected chi connectivity index (χ4v) is 1.64. The summed E-state index contributed by atoms with van der Waals surface area (Å²) in [4.78, 5) is 0. The van der Waals surface area contributed by atoms with E-state index in [-0.39, 0.29) is 5.56 Å². The van der Waals surface area contributed by atoms with Crippen molar-refractivity contribution in [1.82, 2.24) is 10.2 Å². The van der Waals surface area contributed by atoms with Crippen LogP contribution in [0.5, 0.6) is 0 Å². The van der Waals surface area contributed by atoms with Gasteiger partial charge in [-0.25, -0.2) is 0 Å². The van der Waals surface area contributed by atoms with Crippen molar-refractivity contribution in [3.63, 3.8) is 0 Å². The molecule has 0 radical (unpaired) electrons. The molecule has 0 aliphatic carbocycles. The highest BCUT2D eigenvalue weighted by atomic mass is 19.4. The quantitative estimate of drug-likeness (QED) is 0.782. The Morgan fingerprint density at radius 2 is 1.42 bits per heavy atom. The van der Waals surface area contributed by atoms with Gasteiger partial charge in [0.25, 0.3) is 0 Å². The molecule has 0 fully saturated rings. The van der Waals surface area contributed by atoms with Crippen molar-refractivity contribution in [1.29, 1.82) is 0 Å². The Kier molecular flexibility index (Phi) is 3.03. The number of halogens is 6. The summed E-state index contributed by atoms with van der Waals surface area (Å²) in [7, 11) is 0. The fraction of sp³-hybridized carbons (Fsp3) is 0.182. The summed E-state index contributed by atoms with van der Waals surface area (Å²) in [6, 6.07) is 6.51. The summed E-state index contributed by atoms with van der Waals surface area (Å²) in [5, 5.41) is 4.18. The second-order valence-electron chi connectivity index (χ2n) is 3.68. The summed E-state index contributed by atoms with van der Waals surface area (Å²) < 4.78 is 76.1. The molecular formula is C11H6F6N2. The molecule has 0 aliphatic heterocycles. The minimum Gasteiger partial charge on any atom is -0.272 e. The van der Waals surface area contributed by atoms with Crippen molar-refractivity contribution < 1.29 is 26.3 Å². The third-order valence-corrected chi connectivity index (χ3v) is 2.38. The number of aromatic amines is 1. The van der Waals surface area contributed by atoms with Gasteiger partial charge in [0.1, 0.15) is 5.69 Å². The normalized spacial score (nSPS) is 12.7. The lowest BCUT2D eigenvalue weighted by Crippen LogP contribution is -2.10. The Morgan fingerprint density at radius 1 is 0.842 bits per heavy atom. The predicted octanol–water partition coefficient (Wildman–Crippen LogP) is 4.11. The summed E-state index contributed by atoms with van der Waals surface area (Å²) in [5.41, 5.74) is -4.27. The summed E-state index contributed by atoms with van der Waals surface area (Å²) in [5.74, 6) is 0. The van der Waals surface area contributed by atoms with Crippen LogP contribution in [-0.2, 0) is 12.4 Å². The van der Waals surface area contributed by atoms with Crippen molar-refractivity contribution in [2.45, 2.75) is 12.4 Å². The van der Waals surface area contributed by atoms with E-state index in [9.17, 15) is 26.3 Å². The largest absolute Gasteiger partial charge is 0.435 e. The van der Waals surface area contributed by atoms with E-state index >= 15 is 0 Å². The molecule has 0 bridgehead atoms. The second kappa shape index (κ2) is 4.29. The molecule has 102 valence electrons. The van der Waals surface area contributed by atoms with E-state index in [0.29, 0.717) is 0 Å². The molecule has 0 unspecified atom stereocenters. The highest BCUT2D eigenvalue weighted by Gasteiger charge is 2.44. The first-order chi connectivity index (χ1) is 8.71. The highest BCUT2D eigenvalue weighted by Crippen LogP contribution is 2.42. The van der Waals surface area contributed by atoms with Gasteiger partial charge in [0.05, 0.1) is 0 Å². The average Bonchev–Trinajstić information content (AvgIpc) is 2.73. The molecule has 2 nitrogen and oxygen atoms in total. The molecule has 0 aliphatic rings. The van der Waals surface area contributed by atoms with Gasteiger partial charge in [-0.1, -0.05) is 30.3 Å². The van der Waals surface area contributed by atoms with Gasteiger partial charge in [0.15, 0.2) is 5.69 Å². The van der Waals surface area contributed by atoms with E-state index in [0.717, 1.165) is 12.1 Å². The Bertz CT molecular complexity index is 536. The topological polar surface area (TPSA) is 28.7 Å². The molecule has 0 saturated heterocycles. The second-order valence-corrected chi connectivity index (χ2v) is 3.68. The molecule has 0 atom stereocenters. The van der Waals surface area contributed by atoms with E-state index in [1.54, 1.807) is 0 Å². The zero-order chi connectivity index (χ0) is 14.3. The van der Waals surface area contributed by atoms with Crippen molar-refractivity contribution in [3.05, 3.63) is 41.7 Å². The first-order valence-electron chi connectivity index (χ1n) is 4.99.